The predicted molar refractivity (Wildman–Crippen MR) is 57.0 cm³/mol. The summed E-state index contributed by atoms with van der Waals surface area (Å²) in [7, 11) is 0. The topological polar surface area (TPSA) is 21.3 Å². The summed E-state index contributed by atoms with van der Waals surface area (Å²) in [5.41, 5.74) is 1.12. The number of halogens is 1. The van der Waals surface area contributed by atoms with Gasteiger partial charge >= 0.3 is 0 Å². The second-order valence-electron chi connectivity index (χ2n) is 3.68. The molecule has 1 unspecified atom stereocenters. The maximum Gasteiger partial charge on any atom is 0.123 e. The average molecular weight is 208 g/mol. The summed E-state index contributed by atoms with van der Waals surface area (Å²) < 4.78 is 18.2. The Hall–Kier alpha value is -0.930. The molecule has 0 aliphatic carbocycles. The highest BCUT2D eigenvalue weighted by molar-refractivity contribution is 5.18. The van der Waals surface area contributed by atoms with Gasteiger partial charge in [0.05, 0.1) is 12.7 Å². The van der Waals surface area contributed by atoms with Gasteiger partial charge in [-0.25, -0.2) is 4.39 Å². The van der Waals surface area contributed by atoms with E-state index in [0.29, 0.717) is 0 Å². The molecule has 1 aliphatic heterocycles. The molecule has 2 rings (SSSR count). The lowest BCUT2D eigenvalue weighted by Crippen LogP contribution is -2.38. The SMILES string of the molecule is Fc1ccc(C[CH]C2CNCCO2)cc1. The number of hydrogen-bond acceptors (Lipinski definition) is 2. The second kappa shape index (κ2) is 5.24. The maximum atomic E-state index is 12.6. The number of rotatable bonds is 3. The average Bonchev–Trinajstić information content (AvgIpc) is 2.30. The van der Waals surface area contributed by atoms with Crippen molar-refractivity contribution in [2.75, 3.05) is 19.7 Å². The fourth-order valence-corrected chi connectivity index (χ4v) is 1.63. The number of morpholine rings is 1. The molecule has 0 amide bonds. The highest BCUT2D eigenvalue weighted by Crippen LogP contribution is 2.08. The van der Waals surface area contributed by atoms with E-state index in [9.17, 15) is 4.39 Å². The van der Waals surface area contributed by atoms with Crippen molar-refractivity contribution in [2.45, 2.75) is 12.5 Å². The Labute approximate surface area is 89.4 Å². The van der Waals surface area contributed by atoms with Crippen molar-refractivity contribution in [2.24, 2.45) is 0 Å². The lowest BCUT2D eigenvalue weighted by molar-refractivity contribution is 0.0480. The molecule has 1 heterocycles. The molecule has 0 saturated carbocycles. The molecule has 1 aromatic rings. The van der Waals surface area contributed by atoms with Crippen LogP contribution in [0.25, 0.3) is 0 Å². The van der Waals surface area contributed by atoms with Gasteiger partial charge in [0.15, 0.2) is 0 Å². The van der Waals surface area contributed by atoms with Gasteiger partial charge in [-0.3, -0.25) is 0 Å². The van der Waals surface area contributed by atoms with E-state index in [-0.39, 0.29) is 11.9 Å². The molecule has 81 valence electrons. The third kappa shape index (κ3) is 3.29. The minimum Gasteiger partial charge on any atom is -0.375 e. The number of ether oxygens (including phenoxy) is 1. The highest BCUT2D eigenvalue weighted by atomic mass is 19.1. The largest absolute Gasteiger partial charge is 0.375 e. The van der Waals surface area contributed by atoms with Crippen molar-refractivity contribution >= 4 is 0 Å². The third-order valence-electron chi connectivity index (χ3n) is 2.49. The van der Waals surface area contributed by atoms with E-state index in [1.807, 2.05) is 12.1 Å². The molecule has 3 heteroatoms. The van der Waals surface area contributed by atoms with Gasteiger partial charge in [-0.15, -0.1) is 0 Å². The Morgan fingerprint density at radius 1 is 1.40 bits per heavy atom. The fourth-order valence-electron chi connectivity index (χ4n) is 1.63. The van der Waals surface area contributed by atoms with Crippen LogP contribution in [0.5, 0.6) is 0 Å². The summed E-state index contributed by atoms with van der Waals surface area (Å²) in [5.74, 6) is -0.186. The van der Waals surface area contributed by atoms with Crippen molar-refractivity contribution in [3.8, 4) is 0 Å². The lowest BCUT2D eigenvalue weighted by Gasteiger charge is -2.23. The van der Waals surface area contributed by atoms with Crippen molar-refractivity contribution in [1.29, 1.82) is 0 Å². The molecule has 0 bridgehead atoms. The van der Waals surface area contributed by atoms with E-state index in [4.69, 9.17) is 4.74 Å². The van der Waals surface area contributed by atoms with Crippen LogP contribution in [0.2, 0.25) is 0 Å². The van der Waals surface area contributed by atoms with Crippen molar-refractivity contribution in [1.82, 2.24) is 5.32 Å². The highest BCUT2D eigenvalue weighted by Gasteiger charge is 2.12. The summed E-state index contributed by atoms with van der Waals surface area (Å²) in [6.07, 6.45) is 3.13. The summed E-state index contributed by atoms with van der Waals surface area (Å²) in [5, 5.41) is 3.26. The van der Waals surface area contributed by atoms with Crippen LogP contribution in [0.15, 0.2) is 24.3 Å². The van der Waals surface area contributed by atoms with Crippen LogP contribution < -0.4 is 5.32 Å². The monoisotopic (exact) mass is 208 g/mol. The van der Waals surface area contributed by atoms with E-state index in [1.165, 1.54) is 12.1 Å². The number of benzene rings is 1. The Morgan fingerprint density at radius 3 is 2.87 bits per heavy atom. The van der Waals surface area contributed by atoms with Gasteiger partial charge in [0.2, 0.25) is 0 Å². The van der Waals surface area contributed by atoms with E-state index in [0.717, 1.165) is 31.7 Å². The maximum absolute atomic E-state index is 12.6. The molecule has 1 radical (unpaired) electrons. The summed E-state index contributed by atoms with van der Waals surface area (Å²) in [6, 6.07) is 6.59. The summed E-state index contributed by atoms with van der Waals surface area (Å²) >= 11 is 0. The normalized spacial score (nSPS) is 21.5. The van der Waals surface area contributed by atoms with E-state index in [1.54, 1.807) is 0 Å². The van der Waals surface area contributed by atoms with E-state index >= 15 is 0 Å². The van der Waals surface area contributed by atoms with Gasteiger partial charge in [-0.2, -0.15) is 0 Å². The Morgan fingerprint density at radius 2 is 2.20 bits per heavy atom. The summed E-state index contributed by atoms with van der Waals surface area (Å²) in [4.78, 5) is 0. The van der Waals surface area contributed by atoms with Gasteiger partial charge in [-0.05, 0) is 30.5 Å². The Kier molecular flexibility index (Phi) is 3.69. The molecule has 1 atom stereocenters. The molecule has 1 fully saturated rings. The summed E-state index contributed by atoms with van der Waals surface area (Å²) in [6.45, 7) is 2.58. The lowest BCUT2D eigenvalue weighted by atomic mass is 10.1. The van der Waals surface area contributed by atoms with Crippen LogP contribution in [0, 0.1) is 12.2 Å². The van der Waals surface area contributed by atoms with Gasteiger partial charge in [0.1, 0.15) is 5.82 Å². The van der Waals surface area contributed by atoms with Crippen molar-refractivity contribution < 1.29 is 9.13 Å². The molecule has 2 nitrogen and oxygen atoms in total. The van der Waals surface area contributed by atoms with Crippen LogP contribution in [0.4, 0.5) is 4.39 Å². The van der Waals surface area contributed by atoms with Crippen LogP contribution in [0.3, 0.4) is 0 Å². The molecule has 1 N–H and O–H groups in total. The Bertz CT molecular complexity index is 293. The molecular formula is C12H15FNO. The van der Waals surface area contributed by atoms with Gasteiger partial charge in [0.25, 0.3) is 0 Å². The van der Waals surface area contributed by atoms with Crippen LogP contribution in [-0.4, -0.2) is 25.8 Å². The van der Waals surface area contributed by atoms with Gasteiger partial charge in [0, 0.05) is 13.1 Å². The molecule has 1 aliphatic rings. The first-order valence-corrected chi connectivity index (χ1v) is 5.25. The minimum atomic E-state index is -0.186. The van der Waals surface area contributed by atoms with Gasteiger partial charge in [-0.1, -0.05) is 12.1 Å². The first-order valence-electron chi connectivity index (χ1n) is 5.25. The Balaban J connectivity index is 1.79. The van der Waals surface area contributed by atoms with Crippen molar-refractivity contribution in [3.63, 3.8) is 0 Å². The number of nitrogens with one attached hydrogen (secondary N) is 1. The molecular weight excluding hydrogens is 193 g/mol. The van der Waals surface area contributed by atoms with Crippen LogP contribution >= 0.6 is 0 Å². The minimum absolute atomic E-state index is 0.184. The second-order valence-corrected chi connectivity index (χ2v) is 3.68. The molecule has 1 saturated heterocycles. The smallest absolute Gasteiger partial charge is 0.123 e. The zero-order valence-corrected chi connectivity index (χ0v) is 8.58. The quantitative estimate of drug-likeness (QED) is 0.814. The van der Waals surface area contributed by atoms with Crippen LogP contribution in [0.1, 0.15) is 5.56 Å². The van der Waals surface area contributed by atoms with E-state index < -0.39 is 0 Å². The van der Waals surface area contributed by atoms with Gasteiger partial charge < -0.3 is 10.1 Å². The zero-order valence-electron chi connectivity index (χ0n) is 8.58. The standard InChI is InChI=1S/C12H15FNO/c13-11-4-1-10(2-5-11)3-6-12-9-14-7-8-15-12/h1-2,4-6,12,14H,3,7-9H2. The predicted octanol–water partition coefficient (Wildman–Crippen LogP) is 1.56. The first-order chi connectivity index (χ1) is 7.34. The zero-order chi connectivity index (χ0) is 10.5. The third-order valence-corrected chi connectivity index (χ3v) is 2.49. The van der Waals surface area contributed by atoms with Crippen LogP contribution in [-0.2, 0) is 11.2 Å². The van der Waals surface area contributed by atoms with Crippen molar-refractivity contribution in [3.05, 3.63) is 42.1 Å². The first kappa shape index (κ1) is 10.6. The fraction of sp³-hybridized carbons (Fsp3) is 0.417. The molecule has 15 heavy (non-hydrogen) atoms. The molecule has 1 aromatic carbocycles. The molecule has 0 aromatic heterocycles. The van der Waals surface area contributed by atoms with E-state index in [2.05, 4.69) is 11.7 Å². The number of hydrogen-bond donors (Lipinski definition) is 1. The molecule has 0 spiro atoms.